The van der Waals surface area contributed by atoms with E-state index in [9.17, 15) is 58.6 Å². The topological polar surface area (TPSA) is 93.5 Å². The van der Waals surface area contributed by atoms with E-state index < -0.39 is 92.7 Å². The Morgan fingerprint density at radius 2 is 1.29 bits per heavy atom. The molecule has 0 radical (unpaired) electrons. The largest absolute Gasteiger partial charge is 0.477 e. The summed E-state index contributed by atoms with van der Waals surface area (Å²) in [6, 6.07) is 3.42. The van der Waals surface area contributed by atoms with Crippen LogP contribution in [0.5, 0.6) is 0 Å². The van der Waals surface area contributed by atoms with Gasteiger partial charge in [-0.3, -0.25) is 10.2 Å². The number of carboxylic acids is 1. The van der Waals surface area contributed by atoms with Crippen molar-refractivity contribution in [2.45, 2.75) is 12.8 Å². The molecular formula is C26H13F10N3O3. The fraction of sp³-hybridized carbons (Fsp3) is 0.115. The summed E-state index contributed by atoms with van der Waals surface area (Å²) < 4.78 is 139. The second-order valence-electron chi connectivity index (χ2n) is 8.70. The fourth-order valence-electron chi connectivity index (χ4n) is 4.20. The van der Waals surface area contributed by atoms with Crippen LogP contribution < -0.4 is 10.2 Å². The average Bonchev–Trinajstić information content (AvgIpc) is 2.97. The van der Waals surface area contributed by atoms with Crippen LogP contribution in [0.25, 0.3) is 6.08 Å². The SMILES string of the molecule is N=C(C(=O)O)/C(=C/c1ccc2c(c1)CCCN2c1c(F)c(F)c(F)c(F)c1F)C(=O)Nc1c(F)c(F)c(F)c(F)c1F. The number of nitrogens with one attached hydrogen (secondary N) is 2. The highest BCUT2D eigenvalue weighted by molar-refractivity contribution is 6.50. The number of carboxylic acid groups (broad SMARTS) is 1. The van der Waals surface area contributed by atoms with Gasteiger partial charge in [0.15, 0.2) is 52.2 Å². The molecule has 1 aliphatic heterocycles. The van der Waals surface area contributed by atoms with Crippen molar-refractivity contribution in [1.29, 1.82) is 5.41 Å². The van der Waals surface area contributed by atoms with E-state index in [1.165, 1.54) is 11.4 Å². The van der Waals surface area contributed by atoms with Crippen molar-refractivity contribution in [3.8, 4) is 0 Å². The number of halogens is 10. The van der Waals surface area contributed by atoms with E-state index in [-0.39, 0.29) is 36.2 Å². The molecule has 0 saturated carbocycles. The van der Waals surface area contributed by atoms with Crippen LogP contribution in [0.15, 0.2) is 23.8 Å². The summed E-state index contributed by atoms with van der Waals surface area (Å²) in [5.41, 5.74) is -5.53. The molecule has 220 valence electrons. The van der Waals surface area contributed by atoms with E-state index in [0.717, 1.165) is 17.0 Å². The Morgan fingerprint density at radius 1 is 0.786 bits per heavy atom. The van der Waals surface area contributed by atoms with Gasteiger partial charge < -0.3 is 15.3 Å². The molecule has 0 aliphatic carbocycles. The number of benzene rings is 3. The zero-order valence-electron chi connectivity index (χ0n) is 20.4. The van der Waals surface area contributed by atoms with Crippen molar-refractivity contribution < 1.29 is 58.6 Å². The molecule has 1 amide bonds. The highest BCUT2D eigenvalue weighted by atomic mass is 19.2. The number of nitrogens with zero attached hydrogens (tertiary/aromatic N) is 1. The molecule has 3 aromatic carbocycles. The normalized spacial score (nSPS) is 13.2. The average molecular weight is 605 g/mol. The first-order chi connectivity index (χ1) is 19.7. The van der Waals surface area contributed by atoms with E-state index in [0.29, 0.717) is 6.08 Å². The van der Waals surface area contributed by atoms with Crippen LogP contribution >= 0.6 is 0 Å². The molecule has 1 aliphatic rings. The number of aryl methyl sites for hydroxylation is 1. The lowest BCUT2D eigenvalue weighted by atomic mass is 9.96. The summed E-state index contributed by atoms with van der Waals surface area (Å²) in [6.07, 6.45) is 0.985. The smallest absolute Gasteiger partial charge is 0.354 e. The van der Waals surface area contributed by atoms with Gasteiger partial charge >= 0.3 is 5.97 Å². The molecule has 0 unspecified atom stereocenters. The number of hydrogen-bond donors (Lipinski definition) is 3. The van der Waals surface area contributed by atoms with Crippen LogP contribution in [0, 0.1) is 63.6 Å². The van der Waals surface area contributed by atoms with Gasteiger partial charge in [-0.05, 0) is 42.2 Å². The maximum Gasteiger partial charge on any atom is 0.354 e. The standard InChI is InChI=1S/C26H13F10N3O3/c27-12-14(29)18(33)23(19(34)15(12)30)38-25(40)10(22(37)26(41)42)7-8-3-4-11-9(6-8)2-1-5-39(11)24-20(35)16(31)13(28)17(32)21(24)36/h3-4,6-7,37H,1-2,5H2,(H,38,40)(H,41,42)/b10-7-,37-22?. The van der Waals surface area contributed by atoms with Crippen LogP contribution in [-0.4, -0.2) is 29.2 Å². The molecule has 0 spiro atoms. The molecule has 0 saturated heterocycles. The number of aliphatic carboxylic acids is 1. The summed E-state index contributed by atoms with van der Waals surface area (Å²) in [6.45, 7) is -0.181. The number of hydrogen-bond acceptors (Lipinski definition) is 4. The first-order valence-electron chi connectivity index (χ1n) is 11.5. The van der Waals surface area contributed by atoms with Gasteiger partial charge in [-0.2, -0.15) is 0 Å². The highest BCUT2D eigenvalue weighted by Crippen LogP contribution is 2.39. The van der Waals surface area contributed by atoms with Gasteiger partial charge in [-0.15, -0.1) is 0 Å². The quantitative estimate of drug-likeness (QED) is 0.101. The number of carbonyl (C=O) groups is 2. The van der Waals surface area contributed by atoms with Crippen LogP contribution in [0.2, 0.25) is 0 Å². The minimum atomic E-state index is -2.52. The Kier molecular flexibility index (Phi) is 8.00. The molecule has 6 nitrogen and oxygen atoms in total. The summed E-state index contributed by atoms with van der Waals surface area (Å²) >= 11 is 0. The van der Waals surface area contributed by atoms with Crippen LogP contribution in [-0.2, 0) is 16.0 Å². The molecule has 42 heavy (non-hydrogen) atoms. The Labute approximate surface area is 228 Å². The van der Waals surface area contributed by atoms with Gasteiger partial charge in [0.2, 0.25) is 11.6 Å². The molecule has 3 aromatic rings. The van der Waals surface area contributed by atoms with Crippen molar-refractivity contribution in [3.63, 3.8) is 0 Å². The molecule has 0 atom stereocenters. The Hall–Kier alpha value is -4.89. The van der Waals surface area contributed by atoms with Crippen molar-refractivity contribution in [2.75, 3.05) is 16.8 Å². The molecular weight excluding hydrogens is 592 g/mol. The summed E-state index contributed by atoms with van der Waals surface area (Å²) in [5, 5.41) is 18.3. The lowest BCUT2D eigenvalue weighted by molar-refractivity contribution is -0.129. The van der Waals surface area contributed by atoms with E-state index in [4.69, 9.17) is 5.41 Å². The monoisotopic (exact) mass is 605 g/mol. The maximum absolute atomic E-state index is 14.5. The number of anilines is 3. The lowest BCUT2D eigenvalue weighted by Gasteiger charge is -2.32. The first kappa shape index (κ1) is 30.1. The number of rotatable bonds is 6. The van der Waals surface area contributed by atoms with Crippen LogP contribution in [0.1, 0.15) is 17.5 Å². The Morgan fingerprint density at radius 3 is 1.81 bits per heavy atom. The van der Waals surface area contributed by atoms with Gasteiger partial charge in [0.05, 0.1) is 5.57 Å². The first-order valence-corrected chi connectivity index (χ1v) is 11.5. The van der Waals surface area contributed by atoms with Gasteiger partial charge in [0.1, 0.15) is 11.4 Å². The number of fused-ring (bicyclic) bond motifs is 1. The van der Waals surface area contributed by atoms with Crippen LogP contribution in [0.3, 0.4) is 0 Å². The van der Waals surface area contributed by atoms with Gasteiger partial charge in [-0.1, -0.05) is 6.07 Å². The van der Waals surface area contributed by atoms with Crippen molar-refractivity contribution in [3.05, 3.63) is 93.1 Å². The third-order valence-electron chi connectivity index (χ3n) is 6.17. The van der Waals surface area contributed by atoms with E-state index >= 15 is 0 Å². The van der Waals surface area contributed by atoms with Gasteiger partial charge in [-0.25, -0.2) is 48.7 Å². The maximum atomic E-state index is 14.5. The lowest BCUT2D eigenvalue weighted by Crippen LogP contribution is -2.28. The molecule has 3 N–H and O–H groups in total. The van der Waals surface area contributed by atoms with Gasteiger partial charge in [0.25, 0.3) is 5.91 Å². The molecule has 4 rings (SSSR count). The minimum Gasteiger partial charge on any atom is -0.477 e. The third-order valence-corrected chi connectivity index (χ3v) is 6.17. The van der Waals surface area contributed by atoms with Crippen LogP contribution in [0.4, 0.5) is 61.0 Å². The Balaban J connectivity index is 1.77. The zero-order chi connectivity index (χ0) is 31.2. The minimum absolute atomic E-state index is 0.0256. The molecule has 16 heteroatoms. The predicted octanol–water partition coefficient (Wildman–Crippen LogP) is 6.29. The van der Waals surface area contributed by atoms with Gasteiger partial charge in [0, 0.05) is 12.2 Å². The summed E-state index contributed by atoms with van der Waals surface area (Å²) in [7, 11) is 0. The van der Waals surface area contributed by atoms with Crippen molar-refractivity contribution in [2.24, 2.45) is 0 Å². The molecule has 0 bridgehead atoms. The molecule has 0 fully saturated rings. The summed E-state index contributed by atoms with van der Waals surface area (Å²) in [5.74, 6) is -26.9. The van der Waals surface area contributed by atoms with E-state index in [1.807, 2.05) is 0 Å². The highest BCUT2D eigenvalue weighted by Gasteiger charge is 2.32. The molecule has 1 heterocycles. The predicted molar refractivity (Wildman–Crippen MR) is 126 cm³/mol. The molecule has 0 aromatic heterocycles. The van der Waals surface area contributed by atoms with Crippen molar-refractivity contribution in [1.82, 2.24) is 0 Å². The second kappa shape index (κ2) is 11.2. The Bertz CT molecular complexity index is 1670. The number of amides is 1. The van der Waals surface area contributed by atoms with Crippen molar-refractivity contribution >= 4 is 40.7 Å². The fourth-order valence-corrected chi connectivity index (χ4v) is 4.20. The van der Waals surface area contributed by atoms with E-state index in [1.54, 1.807) is 0 Å². The third kappa shape index (κ3) is 5.03. The zero-order valence-corrected chi connectivity index (χ0v) is 20.4. The number of carbonyl (C=O) groups excluding carboxylic acids is 1. The second-order valence-corrected chi connectivity index (χ2v) is 8.70. The summed E-state index contributed by atoms with van der Waals surface area (Å²) in [4.78, 5) is 25.0. The van der Waals surface area contributed by atoms with E-state index in [2.05, 4.69) is 0 Å².